The largest absolute Gasteiger partial charge is 0.405 e. The van der Waals surface area contributed by atoms with Crippen LogP contribution in [0.15, 0.2) is 29.9 Å². The molecular formula is C21H36N3O3PS. The molecule has 29 heavy (non-hydrogen) atoms. The molecule has 2 rings (SSSR count). The molecule has 0 spiro atoms. The van der Waals surface area contributed by atoms with E-state index < -0.39 is 6.72 Å². The number of hydrogen-bond donors (Lipinski definition) is 0. The summed E-state index contributed by atoms with van der Waals surface area (Å²) in [6.45, 7) is 13.2. The zero-order valence-corrected chi connectivity index (χ0v) is 20.6. The lowest BCUT2D eigenvalue weighted by Crippen LogP contribution is -2.24. The van der Waals surface area contributed by atoms with E-state index >= 15 is 0 Å². The summed E-state index contributed by atoms with van der Waals surface area (Å²) in [6, 6.07) is 1.71. The molecule has 0 aromatic carbocycles. The van der Waals surface area contributed by atoms with Gasteiger partial charge in [0.25, 0.3) is 0 Å². The second-order valence-electron chi connectivity index (χ2n) is 7.09. The normalized spacial score (nSPS) is 16.4. The Bertz CT molecular complexity index is 743. The summed E-state index contributed by atoms with van der Waals surface area (Å²) in [6.07, 6.45) is 6.17. The minimum absolute atomic E-state index is 0.376. The van der Waals surface area contributed by atoms with Crippen LogP contribution in [0.5, 0.6) is 5.88 Å². The van der Waals surface area contributed by atoms with E-state index in [1.54, 1.807) is 11.6 Å². The fourth-order valence-electron chi connectivity index (χ4n) is 2.90. The highest BCUT2D eigenvalue weighted by Crippen LogP contribution is 2.47. The average Bonchev–Trinajstić information content (AvgIpc) is 2.69. The maximum absolute atomic E-state index is 5.56. The molecule has 1 aromatic rings. The molecule has 0 saturated heterocycles. The summed E-state index contributed by atoms with van der Waals surface area (Å²) in [4.78, 5) is 10.8. The van der Waals surface area contributed by atoms with Crippen LogP contribution in [0.4, 0.5) is 5.95 Å². The molecular weight excluding hydrogens is 405 g/mol. The van der Waals surface area contributed by atoms with Crippen molar-refractivity contribution in [3.8, 4) is 5.88 Å². The Kier molecular flexibility index (Phi) is 11.0. The highest BCUT2D eigenvalue weighted by molar-refractivity contribution is 8.07. The number of anilines is 1. The Hall–Kier alpha value is -1.27. The number of hydrogen-bond acceptors (Lipinski definition) is 7. The standard InChI is InChI=1S/C11H20N3O3PS.C10H16/c1-6-14(7-2)11-12-9(3)8-10(13-11)17-18(19,15-4)16-5;1-8(2)10-6-4-9(3)5-7-10/h8H,6-7H2,1-5H3;4,10H,1,5-7H2,2-3H3/t;10-/m.0/s1. The lowest BCUT2D eigenvalue weighted by Gasteiger charge is -2.21. The van der Waals surface area contributed by atoms with E-state index in [2.05, 4.69) is 36.5 Å². The van der Waals surface area contributed by atoms with Crippen LogP contribution in [-0.4, -0.2) is 37.3 Å². The topological polar surface area (TPSA) is 56.7 Å². The molecule has 164 valence electrons. The quantitative estimate of drug-likeness (QED) is 0.371. The van der Waals surface area contributed by atoms with E-state index in [0.29, 0.717) is 11.8 Å². The predicted molar refractivity (Wildman–Crippen MR) is 125 cm³/mol. The van der Waals surface area contributed by atoms with Crippen molar-refractivity contribution >= 4 is 24.5 Å². The van der Waals surface area contributed by atoms with Gasteiger partial charge >= 0.3 is 6.72 Å². The van der Waals surface area contributed by atoms with Crippen LogP contribution in [0, 0.1) is 12.8 Å². The molecule has 0 aliphatic heterocycles. The predicted octanol–water partition coefficient (Wildman–Crippen LogP) is 5.84. The number of allylic oxidation sites excluding steroid dienone is 3. The average molecular weight is 442 g/mol. The smallest absolute Gasteiger partial charge is 0.381 e. The Labute approximate surface area is 181 Å². The molecule has 0 N–H and O–H groups in total. The number of aryl methyl sites for hydroxylation is 1. The number of aromatic nitrogens is 2. The van der Waals surface area contributed by atoms with Gasteiger partial charge in [-0.3, -0.25) is 0 Å². The molecule has 0 saturated carbocycles. The van der Waals surface area contributed by atoms with Crippen molar-refractivity contribution < 1.29 is 13.6 Å². The third-order valence-electron chi connectivity index (χ3n) is 4.85. The molecule has 6 nitrogen and oxygen atoms in total. The minimum Gasteiger partial charge on any atom is -0.405 e. The van der Waals surface area contributed by atoms with Crippen molar-refractivity contribution in [3.05, 3.63) is 35.6 Å². The van der Waals surface area contributed by atoms with Gasteiger partial charge in [0.1, 0.15) is 0 Å². The fourth-order valence-corrected chi connectivity index (χ4v) is 3.75. The molecule has 1 aliphatic rings. The molecule has 0 fully saturated rings. The second kappa shape index (κ2) is 12.4. The van der Waals surface area contributed by atoms with Gasteiger partial charge in [0, 0.05) is 50.9 Å². The first kappa shape index (κ1) is 25.8. The summed E-state index contributed by atoms with van der Waals surface area (Å²) < 4.78 is 15.7. The van der Waals surface area contributed by atoms with E-state index in [1.807, 2.05) is 25.7 Å². The Balaban J connectivity index is 0.000000352. The molecule has 8 heteroatoms. The summed E-state index contributed by atoms with van der Waals surface area (Å²) in [5, 5.41) is 0. The summed E-state index contributed by atoms with van der Waals surface area (Å²) in [5.74, 6) is 1.76. The van der Waals surface area contributed by atoms with Gasteiger partial charge in [-0.25, -0.2) is 4.98 Å². The van der Waals surface area contributed by atoms with Crippen LogP contribution in [0.25, 0.3) is 0 Å². The van der Waals surface area contributed by atoms with Crippen LogP contribution in [0.2, 0.25) is 0 Å². The third kappa shape index (κ3) is 8.55. The molecule has 1 aromatic heterocycles. The lowest BCUT2D eigenvalue weighted by molar-refractivity contribution is 0.270. The molecule has 1 heterocycles. The van der Waals surface area contributed by atoms with Crippen LogP contribution in [-0.2, 0) is 20.9 Å². The van der Waals surface area contributed by atoms with E-state index in [1.165, 1.54) is 39.1 Å². The number of nitrogens with zero attached hydrogens (tertiary/aromatic N) is 3. The van der Waals surface area contributed by atoms with Gasteiger partial charge in [-0.1, -0.05) is 23.8 Å². The fraction of sp³-hybridized carbons (Fsp3) is 0.619. The van der Waals surface area contributed by atoms with E-state index in [-0.39, 0.29) is 0 Å². The molecule has 0 bridgehead atoms. The van der Waals surface area contributed by atoms with Gasteiger partial charge in [0.2, 0.25) is 11.8 Å². The van der Waals surface area contributed by atoms with Crippen molar-refractivity contribution in [2.24, 2.45) is 5.92 Å². The summed E-state index contributed by atoms with van der Waals surface area (Å²) >= 11 is 5.17. The van der Waals surface area contributed by atoms with Crippen molar-refractivity contribution in [1.29, 1.82) is 0 Å². The Morgan fingerprint density at radius 3 is 2.31 bits per heavy atom. The highest BCUT2D eigenvalue weighted by Gasteiger charge is 2.20. The molecule has 1 atom stereocenters. The van der Waals surface area contributed by atoms with Gasteiger partial charge < -0.3 is 18.5 Å². The van der Waals surface area contributed by atoms with Crippen LogP contribution in [0.3, 0.4) is 0 Å². The van der Waals surface area contributed by atoms with Gasteiger partial charge in [0.05, 0.1) is 0 Å². The number of rotatable bonds is 8. The Morgan fingerprint density at radius 1 is 1.24 bits per heavy atom. The van der Waals surface area contributed by atoms with Gasteiger partial charge in [-0.15, -0.1) is 0 Å². The van der Waals surface area contributed by atoms with E-state index in [0.717, 1.165) is 24.7 Å². The van der Waals surface area contributed by atoms with Crippen LogP contribution < -0.4 is 9.42 Å². The van der Waals surface area contributed by atoms with Crippen molar-refractivity contribution in [2.45, 2.75) is 53.9 Å². The third-order valence-corrected chi connectivity index (χ3v) is 7.28. The second-order valence-corrected chi connectivity index (χ2v) is 10.2. The van der Waals surface area contributed by atoms with Crippen molar-refractivity contribution in [3.63, 3.8) is 0 Å². The zero-order chi connectivity index (χ0) is 22.0. The molecule has 0 unspecified atom stereocenters. The van der Waals surface area contributed by atoms with E-state index in [9.17, 15) is 0 Å². The first-order chi connectivity index (χ1) is 13.7. The zero-order valence-electron chi connectivity index (χ0n) is 18.9. The van der Waals surface area contributed by atoms with Crippen molar-refractivity contribution in [2.75, 3.05) is 32.2 Å². The Morgan fingerprint density at radius 2 is 1.86 bits per heavy atom. The van der Waals surface area contributed by atoms with E-state index in [4.69, 9.17) is 25.4 Å². The molecule has 1 aliphatic carbocycles. The molecule has 0 radical (unpaired) electrons. The molecule has 0 amide bonds. The summed E-state index contributed by atoms with van der Waals surface area (Å²) in [5.41, 5.74) is 3.71. The maximum Gasteiger partial charge on any atom is 0.381 e. The lowest BCUT2D eigenvalue weighted by atomic mass is 9.86. The van der Waals surface area contributed by atoms with Crippen molar-refractivity contribution in [1.82, 2.24) is 9.97 Å². The van der Waals surface area contributed by atoms with Crippen LogP contribution in [0.1, 0.15) is 52.7 Å². The maximum atomic E-state index is 5.56. The SMILES string of the molecule is C=C(C)[C@H]1CC=C(C)CC1.CCN(CC)c1nc(C)cc(OP(=S)(OC)OC)n1. The monoisotopic (exact) mass is 441 g/mol. The van der Waals surface area contributed by atoms with Gasteiger partial charge in [-0.2, -0.15) is 4.98 Å². The summed E-state index contributed by atoms with van der Waals surface area (Å²) in [7, 11) is 2.92. The first-order valence-corrected chi connectivity index (χ1v) is 12.6. The highest BCUT2D eigenvalue weighted by atomic mass is 32.5. The van der Waals surface area contributed by atoms with Gasteiger partial charge in [0.15, 0.2) is 0 Å². The minimum atomic E-state index is -2.77. The first-order valence-electron chi connectivity index (χ1n) is 10.0. The van der Waals surface area contributed by atoms with Gasteiger partial charge in [-0.05, 0) is 59.8 Å². The van der Waals surface area contributed by atoms with Crippen LogP contribution >= 0.6 is 6.72 Å².